The molecule has 0 spiro atoms. The molecule has 4 aromatic rings. The van der Waals surface area contributed by atoms with Crippen LogP contribution >= 0.6 is 31.9 Å². The van der Waals surface area contributed by atoms with Crippen LogP contribution in [0, 0.1) is 0 Å². The molecule has 0 radical (unpaired) electrons. The molecule has 4 heteroatoms. The van der Waals surface area contributed by atoms with Crippen LogP contribution in [0.3, 0.4) is 0 Å². The van der Waals surface area contributed by atoms with E-state index in [-0.39, 0.29) is 11.3 Å². The second-order valence-corrected chi connectivity index (χ2v) is 10.2. The monoisotopic (exact) mass is 545 g/mol. The second-order valence-electron chi connectivity index (χ2n) is 8.48. The van der Waals surface area contributed by atoms with Crippen molar-refractivity contribution in [2.75, 3.05) is 4.90 Å². The van der Waals surface area contributed by atoms with Crippen molar-refractivity contribution >= 4 is 49.1 Å². The Morgan fingerprint density at radius 2 is 1.41 bits per heavy atom. The average molecular weight is 547 g/mol. The maximum atomic E-state index is 13.9. The topological polar surface area (TPSA) is 20.3 Å². The Bertz CT molecular complexity index is 1330. The molecule has 1 heterocycles. The third-order valence-corrected chi connectivity index (χ3v) is 7.31. The molecule has 0 N–H and O–H groups in total. The van der Waals surface area contributed by atoms with E-state index in [1.54, 1.807) is 0 Å². The Labute approximate surface area is 205 Å². The lowest BCUT2D eigenvalue weighted by Gasteiger charge is -2.42. The molecule has 5 rings (SSSR count). The highest BCUT2D eigenvalue weighted by molar-refractivity contribution is 9.10. The molecule has 1 amide bonds. The van der Waals surface area contributed by atoms with Gasteiger partial charge in [0.25, 0.3) is 5.91 Å². The normalized spacial score (nSPS) is 13.9. The van der Waals surface area contributed by atoms with Gasteiger partial charge in [-0.2, -0.15) is 0 Å². The van der Waals surface area contributed by atoms with Gasteiger partial charge in [0.15, 0.2) is 0 Å². The number of amides is 1. The predicted molar refractivity (Wildman–Crippen MR) is 139 cm³/mol. The number of halogens is 2. The van der Waals surface area contributed by atoms with Crippen molar-refractivity contribution in [2.24, 2.45) is 0 Å². The van der Waals surface area contributed by atoms with Gasteiger partial charge in [-0.1, -0.05) is 94.2 Å². The minimum Gasteiger partial charge on any atom is -0.276 e. The molecule has 0 atom stereocenters. The third-order valence-electron chi connectivity index (χ3n) is 6.16. The van der Waals surface area contributed by atoms with Crippen LogP contribution in [0.1, 0.15) is 35.3 Å². The van der Waals surface area contributed by atoms with Crippen molar-refractivity contribution in [1.29, 1.82) is 0 Å². The molecule has 0 aliphatic carbocycles. The van der Waals surface area contributed by atoms with Gasteiger partial charge in [0.05, 0.1) is 11.4 Å². The summed E-state index contributed by atoms with van der Waals surface area (Å²) in [4.78, 5) is 15.7. The number of benzene rings is 4. The van der Waals surface area contributed by atoms with Crippen molar-refractivity contribution in [3.8, 4) is 11.1 Å². The molecule has 32 heavy (non-hydrogen) atoms. The number of carbonyl (C=O) groups is 1. The highest BCUT2D eigenvalue weighted by Gasteiger charge is 2.41. The highest BCUT2D eigenvalue weighted by atomic mass is 79.9. The summed E-state index contributed by atoms with van der Waals surface area (Å²) >= 11 is 7.46. The van der Waals surface area contributed by atoms with Gasteiger partial charge >= 0.3 is 0 Å². The van der Waals surface area contributed by atoms with E-state index in [4.69, 9.17) is 0 Å². The van der Waals surface area contributed by atoms with E-state index >= 15 is 0 Å². The fourth-order valence-electron chi connectivity index (χ4n) is 4.67. The summed E-state index contributed by atoms with van der Waals surface area (Å²) in [7, 11) is 0. The summed E-state index contributed by atoms with van der Waals surface area (Å²) in [5.41, 5.74) is 6.65. The summed E-state index contributed by atoms with van der Waals surface area (Å²) in [5.74, 6) is -0.0349. The van der Waals surface area contributed by atoms with Gasteiger partial charge in [-0.15, -0.1) is 0 Å². The van der Waals surface area contributed by atoms with E-state index in [1.807, 2.05) is 59.5 Å². The van der Waals surface area contributed by atoms with Crippen molar-refractivity contribution in [1.82, 2.24) is 0 Å². The molecule has 0 fully saturated rings. The molecule has 0 saturated carbocycles. The molecule has 0 saturated heterocycles. The lowest BCUT2D eigenvalue weighted by molar-refractivity contribution is 0.0998. The third kappa shape index (κ3) is 3.33. The zero-order chi connectivity index (χ0) is 22.5. The van der Waals surface area contributed by atoms with Gasteiger partial charge in [-0.3, -0.25) is 9.69 Å². The first-order chi connectivity index (χ1) is 15.4. The number of hydrogen-bond acceptors (Lipinski definition) is 1. The summed E-state index contributed by atoms with van der Waals surface area (Å²) in [6.45, 7) is 4.47. The van der Waals surface area contributed by atoms with Crippen LogP contribution in [0.15, 0.2) is 99.9 Å². The van der Waals surface area contributed by atoms with Crippen LogP contribution in [-0.4, -0.2) is 5.91 Å². The summed E-state index contributed by atoms with van der Waals surface area (Å²) in [5, 5.41) is 0. The van der Waals surface area contributed by atoms with Crippen molar-refractivity contribution in [3.05, 3.63) is 117 Å². The van der Waals surface area contributed by atoms with Crippen LogP contribution in [-0.2, 0) is 5.41 Å². The smallest absolute Gasteiger partial charge is 0.262 e. The lowest BCUT2D eigenvalue weighted by Crippen LogP contribution is -2.37. The van der Waals surface area contributed by atoms with Crippen molar-refractivity contribution in [2.45, 2.75) is 19.3 Å². The number of anilines is 2. The molecule has 1 aliphatic rings. The van der Waals surface area contributed by atoms with Crippen LogP contribution < -0.4 is 4.90 Å². The maximum absolute atomic E-state index is 13.9. The largest absolute Gasteiger partial charge is 0.276 e. The van der Waals surface area contributed by atoms with Gasteiger partial charge in [-0.05, 0) is 59.2 Å². The van der Waals surface area contributed by atoms with Gasteiger partial charge in [-0.25, -0.2) is 0 Å². The number of hydrogen-bond donors (Lipinski definition) is 0. The molecule has 0 bridgehead atoms. The van der Waals surface area contributed by atoms with E-state index < -0.39 is 0 Å². The predicted octanol–water partition coefficient (Wildman–Crippen LogP) is 8.50. The van der Waals surface area contributed by atoms with Crippen LogP contribution in [0.2, 0.25) is 0 Å². The molecule has 4 aromatic carbocycles. The SMILES string of the molecule is CC1(C)c2cc(Br)ccc2N(C(=O)c2ccccc2)c2ccc(Br)c(-c3ccccc3)c21. The molecular formula is C28H21Br2NO. The van der Waals surface area contributed by atoms with Gasteiger partial charge < -0.3 is 0 Å². The molecule has 158 valence electrons. The molecular weight excluding hydrogens is 526 g/mol. The minimum atomic E-state index is -0.323. The number of nitrogens with zero attached hydrogens (tertiary/aromatic N) is 1. The van der Waals surface area contributed by atoms with Crippen molar-refractivity contribution in [3.63, 3.8) is 0 Å². The zero-order valence-corrected chi connectivity index (χ0v) is 20.9. The molecule has 1 aliphatic heterocycles. The Kier molecular flexibility index (Phi) is 5.31. The molecule has 0 aromatic heterocycles. The van der Waals surface area contributed by atoms with E-state index in [9.17, 15) is 4.79 Å². The average Bonchev–Trinajstić information content (AvgIpc) is 2.81. The van der Waals surface area contributed by atoms with E-state index in [1.165, 1.54) is 0 Å². The Morgan fingerprint density at radius 3 is 2.09 bits per heavy atom. The van der Waals surface area contributed by atoms with Crippen molar-refractivity contribution < 1.29 is 4.79 Å². The quantitative estimate of drug-likeness (QED) is 0.247. The fourth-order valence-corrected chi connectivity index (χ4v) is 5.59. The highest BCUT2D eigenvalue weighted by Crippen LogP contribution is 2.54. The number of fused-ring (bicyclic) bond motifs is 2. The zero-order valence-electron chi connectivity index (χ0n) is 17.8. The first-order valence-corrected chi connectivity index (χ1v) is 12.1. The Morgan fingerprint density at radius 1 is 0.781 bits per heavy atom. The summed E-state index contributed by atoms with van der Waals surface area (Å²) in [6.07, 6.45) is 0. The Hall–Kier alpha value is -2.69. The maximum Gasteiger partial charge on any atom is 0.262 e. The lowest BCUT2D eigenvalue weighted by atomic mass is 9.71. The first kappa shape index (κ1) is 21.2. The van der Waals surface area contributed by atoms with E-state index in [0.29, 0.717) is 5.56 Å². The van der Waals surface area contributed by atoms with Gasteiger partial charge in [0.1, 0.15) is 0 Å². The molecule has 0 unspecified atom stereocenters. The van der Waals surface area contributed by atoms with E-state index in [0.717, 1.165) is 42.6 Å². The van der Waals surface area contributed by atoms with Gasteiger partial charge in [0, 0.05) is 25.5 Å². The first-order valence-electron chi connectivity index (χ1n) is 10.5. The summed E-state index contributed by atoms with van der Waals surface area (Å²) in [6, 6.07) is 30.1. The second kappa shape index (κ2) is 8.02. The number of carbonyl (C=O) groups excluding carboxylic acids is 1. The molecule has 2 nitrogen and oxygen atoms in total. The summed E-state index contributed by atoms with van der Waals surface area (Å²) < 4.78 is 2.01. The minimum absolute atomic E-state index is 0.0349. The fraction of sp³-hybridized carbons (Fsp3) is 0.107. The van der Waals surface area contributed by atoms with Crippen LogP contribution in [0.4, 0.5) is 11.4 Å². The van der Waals surface area contributed by atoms with Gasteiger partial charge in [0.2, 0.25) is 0 Å². The van der Waals surface area contributed by atoms with Crippen LogP contribution in [0.5, 0.6) is 0 Å². The van der Waals surface area contributed by atoms with Crippen LogP contribution in [0.25, 0.3) is 11.1 Å². The number of rotatable bonds is 2. The Balaban J connectivity index is 1.86. The van der Waals surface area contributed by atoms with E-state index in [2.05, 4.69) is 82.1 Å². The standard InChI is InChI=1S/C28H21Br2NO/c1-28(2)21-17-20(29)13-15-23(21)31(27(32)19-11-7-4-8-12-19)24-16-14-22(30)25(26(24)28)18-9-5-3-6-10-18/h3-17H,1-2H3.